The fraction of sp³-hybridized carbons (Fsp3) is 0.348. The highest BCUT2D eigenvalue weighted by molar-refractivity contribution is 6.00. The lowest BCUT2D eigenvalue weighted by Crippen LogP contribution is -2.24. The summed E-state index contributed by atoms with van der Waals surface area (Å²) in [5.74, 6) is 2.20. The molecular weight excluding hydrogens is 388 g/mol. The number of ether oxygens (including phenoxy) is 6. The first-order chi connectivity index (χ1) is 14.4. The van der Waals surface area contributed by atoms with Gasteiger partial charge in [-0.15, -0.1) is 0 Å². The van der Waals surface area contributed by atoms with Crippen molar-refractivity contribution in [1.82, 2.24) is 0 Å². The summed E-state index contributed by atoms with van der Waals surface area (Å²) in [6.07, 6.45) is 2.99. The summed E-state index contributed by atoms with van der Waals surface area (Å²) in [6, 6.07) is 6.81. The maximum Gasteiger partial charge on any atom is 0.204 e. The van der Waals surface area contributed by atoms with E-state index in [1.807, 2.05) is 31.2 Å². The van der Waals surface area contributed by atoms with Crippen LogP contribution in [0.15, 0.2) is 30.3 Å². The van der Waals surface area contributed by atoms with Crippen molar-refractivity contribution in [3.63, 3.8) is 0 Å². The minimum atomic E-state index is -0.830. The van der Waals surface area contributed by atoms with Gasteiger partial charge < -0.3 is 28.4 Å². The number of benzene rings is 2. The topological polar surface area (TPSA) is 72.5 Å². The van der Waals surface area contributed by atoms with Gasteiger partial charge >= 0.3 is 0 Å². The molecule has 30 heavy (non-hydrogen) atoms. The number of rotatable bonds is 10. The lowest BCUT2D eigenvalue weighted by Gasteiger charge is -2.20. The predicted octanol–water partition coefficient (Wildman–Crippen LogP) is 4.41. The number of carbonyl (C=O) groups is 1. The van der Waals surface area contributed by atoms with Crippen LogP contribution < -0.4 is 28.4 Å². The maximum absolute atomic E-state index is 13.1. The van der Waals surface area contributed by atoms with Crippen molar-refractivity contribution >= 4 is 11.9 Å². The number of carbonyl (C=O) groups excluding carboxylic acids is 1. The first kappa shape index (κ1) is 22.9. The highest BCUT2D eigenvalue weighted by Crippen LogP contribution is 2.41. The van der Waals surface area contributed by atoms with E-state index in [1.165, 1.54) is 35.5 Å². The van der Waals surface area contributed by atoms with E-state index in [-0.39, 0.29) is 5.78 Å². The van der Waals surface area contributed by atoms with Crippen molar-refractivity contribution < 1.29 is 33.2 Å². The standard InChI is InChI=1S/C23H28O7/c1-8-9-15-10-17(25-3)23(18(11-15)26-4)30-14(2)21(24)16-12-19(27-5)22(29-7)20(13-16)28-6/h8-14H,1-7H3. The second-order valence-corrected chi connectivity index (χ2v) is 6.29. The molecule has 0 N–H and O–H groups in total. The molecule has 0 aromatic heterocycles. The first-order valence-electron chi connectivity index (χ1n) is 9.33. The zero-order chi connectivity index (χ0) is 22.3. The van der Waals surface area contributed by atoms with Crippen LogP contribution in [-0.2, 0) is 0 Å². The number of Topliss-reactive ketones (excluding diaryl/α,β-unsaturated/α-hetero) is 1. The summed E-state index contributed by atoms with van der Waals surface area (Å²) >= 11 is 0. The van der Waals surface area contributed by atoms with E-state index in [4.69, 9.17) is 28.4 Å². The van der Waals surface area contributed by atoms with Crippen molar-refractivity contribution in [1.29, 1.82) is 0 Å². The zero-order valence-electron chi connectivity index (χ0n) is 18.4. The average Bonchev–Trinajstić information content (AvgIpc) is 2.77. The third kappa shape index (κ3) is 4.79. The zero-order valence-corrected chi connectivity index (χ0v) is 18.4. The van der Waals surface area contributed by atoms with Crippen molar-refractivity contribution in [2.75, 3.05) is 35.5 Å². The van der Waals surface area contributed by atoms with Crippen molar-refractivity contribution in [2.24, 2.45) is 0 Å². The highest BCUT2D eigenvalue weighted by Gasteiger charge is 2.24. The molecule has 7 heteroatoms. The molecule has 1 atom stereocenters. The van der Waals surface area contributed by atoms with E-state index in [9.17, 15) is 4.79 Å². The van der Waals surface area contributed by atoms with E-state index in [0.29, 0.717) is 40.1 Å². The summed E-state index contributed by atoms with van der Waals surface area (Å²) in [6.45, 7) is 3.58. The Morgan fingerprint density at radius 2 is 1.23 bits per heavy atom. The average molecular weight is 416 g/mol. The van der Waals surface area contributed by atoms with Gasteiger partial charge in [0.05, 0.1) is 35.5 Å². The Kier molecular flexibility index (Phi) is 7.98. The second kappa shape index (κ2) is 10.4. The Balaban J connectivity index is 2.41. The molecule has 0 aliphatic heterocycles. The minimum Gasteiger partial charge on any atom is -0.493 e. The maximum atomic E-state index is 13.1. The van der Waals surface area contributed by atoms with Crippen LogP contribution in [0.25, 0.3) is 6.08 Å². The number of hydrogen-bond acceptors (Lipinski definition) is 7. The molecule has 7 nitrogen and oxygen atoms in total. The van der Waals surface area contributed by atoms with Gasteiger partial charge in [0.2, 0.25) is 17.3 Å². The Bertz CT molecular complexity index is 868. The molecule has 162 valence electrons. The Morgan fingerprint density at radius 1 is 0.767 bits per heavy atom. The predicted molar refractivity (Wildman–Crippen MR) is 115 cm³/mol. The molecule has 0 saturated heterocycles. The lowest BCUT2D eigenvalue weighted by molar-refractivity contribution is 0.0808. The molecule has 0 spiro atoms. The Labute approximate surface area is 177 Å². The monoisotopic (exact) mass is 416 g/mol. The van der Waals surface area contributed by atoms with Crippen molar-refractivity contribution in [2.45, 2.75) is 20.0 Å². The summed E-state index contributed by atoms with van der Waals surface area (Å²) in [7, 11) is 7.56. The molecule has 0 bridgehead atoms. The molecule has 2 aromatic rings. The molecule has 0 saturated carbocycles. The SMILES string of the molecule is CC=Cc1cc(OC)c(OC(C)C(=O)c2cc(OC)c(OC)c(OC)c2)c(OC)c1. The molecular formula is C23H28O7. The quantitative estimate of drug-likeness (QED) is 0.531. The van der Waals surface area contributed by atoms with Crippen LogP contribution in [0.1, 0.15) is 29.8 Å². The van der Waals surface area contributed by atoms with Crippen LogP contribution in [0, 0.1) is 0 Å². The fourth-order valence-electron chi connectivity index (χ4n) is 2.99. The summed E-state index contributed by atoms with van der Waals surface area (Å²) < 4.78 is 32.9. The minimum absolute atomic E-state index is 0.268. The molecule has 2 aromatic carbocycles. The van der Waals surface area contributed by atoms with E-state index in [1.54, 1.807) is 19.1 Å². The van der Waals surface area contributed by atoms with Gasteiger partial charge in [0.1, 0.15) is 0 Å². The van der Waals surface area contributed by atoms with Gasteiger partial charge in [-0.2, -0.15) is 0 Å². The third-order valence-electron chi connectivity index (χ3n) is 4.46. The molecule has 0 radical (unpaired) electrons. The van der Waals surface area contributed by atoms with Gasteiger partial charge in [-0.3, -0.25) is 4.79 Å². The fourth-order valence-corrected chi connectivity index (χ4v) is 2.99. The smallest absolute Gasteiger partial charge is 0.204 e. The molecule has 0 aliphatic carbocycles. The van der Waals surface area contributed by atoms with E-state index in [0.717, 1.165) is 5.56 Å². The Hall–Kier alpha value is -3.35. The van der Waals surface area contributed by atoms with Gasteiger partial charge in [-0.1, -0.05) is 12.2 Å². The molecule has 0 heterocycles. The molecule has 0 aliphatic rings. The summed E-state index contributed by atoms with van der Waals surface area (Å²) in [5, 5.41) is 0. The van der Waals surface area contributed by atoms with Crippen LogP contribution in [0.2, 0.25) is 0 Å². The lowest BCUT2D eigenvalue weighted by atomic mass is 10.1. The van der Waals surface area contributed by atoms with Gasteiger partial charge in [0, 0.05) is 5.56 Å². The summed E-state index contributed by atoms with van der Waals surface area (Å²) in [4.78, 5) is 13.1. The largest absolute Gasteiger partial charge is 0.493 e. The van der Waals surface area contributed by atoms with Crippen molar-refractivity contribution in [3.8, 4) is 34.5 Å². The van der Waals surface area contributed by atoms with Crippen LogP contribution >= 0.6 is 0 Å². The number of methoxy groups -OCH3 is 5. The molecule has 2 rings (SSSR count). The van der Waals surface area contributed by atoms with Crippen molar-refractivity contribution in [3.05, 3.63) is 41.5 Å². The van der Waals surface area contributed by atoms with Gasteiger partial charge in [0.25, 0.3) is 0 Å². The number of ketones is 1. The number of allylic oxidation sites excluding steroid dienone is 1. The van der Waals surface area contributed by atoms with E-state index < -0.39 is 6.10 Å². The number of hydrogen-bond donors (Lipinski definition) is 0. The molecule has 1 unspecified atom stereocenters. The van der Waals surface area contributed by atoms with E-state index in [2.05, 4.69) is 0 Å². The molecule has 0 amide bonds. The third-order valence-corrected chi connectivity index (χ3v) is 4.46. The highest BCUT2D eigenvalue weighted by atomic mass is 16.5. The Morgan fingerprint density at radius 3 is 1.63 bits per heavy atom. The van der Waals surface area contributed by atoms with Crippen LogP contribution in [0.5, 0.6) is 34.5 Å². The normalized spacial score (nSPS) is 11.7. The van der Waals surface area contributed by atoms with E-state index >= 15 is 0 Å². The van der Waals surface area contributed by atoms with Crippen LogP contribution in [0.3, 0.4) is 0 Å². The van der Waals surface area contributed by atoms with Gasteiger partial charge in [-0.25, -0.2) is 0 Å². The van der Waals surface area contributed by atoms with Crippen LogP contribution in [0.4, 0.5) is 0 Å². The second-order valence-electron chi connectivity index (χ2n) is 6.29. The van der Waals surface area contributed by atoms with Gasteiger partial charge in [-0.05, 0) is 43.7 Å². The van der Waals surface area contributed by atoms with Crippen LogP contribution in [-0.4, -0.2) is 47.4 Å². The first-order valence-corrected chi connectivity index (χ1v) is 9.33. The summed E-state index contributed by atoms with van der Waals surface area (Å²) in [5.41, 5.74) is 1.25. The van der Waals surface area contributed by atoms with Gasteiger partial charge in [0.15, 0.2) is 29.1 Å². The molecule has 0 fully saturated rings.